The molecule has 1 aliphatic carbocycles. The van der Waals surface area contributed by atoms with Crippen molar-refractivity contribution >= 4 is 22.8 Å². The number of nitrogens with two attached hydrogens (primary N) is 2. The molecule has 126 valence electrons. The van der Waals surface area contributed by atoms with E-state index in [1.54, 1.807) is 13.1 Å². The lowest BCUT2D eigenvalue weighted by Gasteiger charge is -2.13. The summed E-state index contributed by atoms with van der Waals surface area (Å²) in [6.07, 6.45) is 5.34. The number of aryl methyl sites for hydroxylation is 1. The normalized spacial score (nSPS) is 16.9. The number of aliphatic imine (C=N–C) groups is 1. The van der Waals surface area contributed by atoms with E-state index in [1.807, 2.05) is 26.0 Å². The molecule has 0 spiro atoms. The summed E-state index contributed by atoms with van der Waals surface area (Å²) in [5.74, 6) is 0.463. The Bertz CT molecular complexity index is 903. The molecule has 1 saturated carbocycles. The molecule has 0 aliphatic heterocycles. The van der Waals surface area contributed by atoms with Gasteiger partial charge in [0.15, 0.2) is 5.43 Å². The number of rotatable bonds is 4. The van der Waals surface area contributed by atoms with Crippen LogP contribution in [0.15, 0.2) is 32.5 Å². The lowest BCUT2D eigenvalue weighted by Crippen LogP contribution is -2.13. The maximum atomic E-state index is 12.8. The fourth-order valence-electron chi connectivity index (χ4n) is 2.77. The Morgan fingerprint density at radius 1 is 1.38 bits per heavy atom. The summed E-state index contributed by atoms with van der Waals surface area (Å²) in [6, 6.07) is 3.93. The monoisotopic (exact) mass is 325 g/mol. The second-order valence-electron chi connectivity index (χ2n) is 6.54. The Morgan fingerprint density at radius 3 is 2.67 bits per heavy atom. The molecule has 0 saturated heterocycles. The first kappa shape index (κ1) is 16.5. The van der Waals surface area contributed by atoms with Crippen LogP contribution in [0.3, 0.4) is 0 Å². The van der Waals surface area contributed by atoms with Crippen LogP contribution in [0.2, 0.25) is 0 Å². The zero-order valence-electron chi connectivity index (χ0n) is 14.3. The van der Waals surface area contributed by atoms with Crippen molar-refractivity contribution in [1.82, 2.24) is 0 Å². The number of nitrogens with zero attached hydrogens (tertiary/aromatic N) is 1. The van der Waals surface area contributed by atoms with Gasteiger partial charge in [0.2, 0.25) is 0 Å². The summed E-state index contributed by atoms with van der Waals surface area (Å²) in [4.78, 5) is 17.3. The largest absolute Gasteiger partial charge is 0.455 e. The Labute approximate surface area is 141 Å². The molecule has 1 heterocycles. The summed E-state index contributed by atoms with van der Waals surface area (Å²) in [5.41, 5.74) is 15.3. The van der Waals surface area contributed by atoms with Gasteiger partial charge in [-0.15, -0.1) is 0 Å². The van der Waals surface area contributed by atoms with Crippen molar-refractivity contribution in [2.24, 2.45) is 16.5 Å². The molecule has 3 rings (SSSR count). The maximum Gasteiger partial charge on any atom is 0.196 e. The third-order valence-corrected chi connectivity index (χ3v) is 4.30. The molecule has 4 N–H and O–H groups in total. The van der Waals surface area contributed by atoms with Crippen LogP contribution in [0.5, 0.6) is 0 Å². The minimum atomic E-state index is -0.239. The lowest BCUT2D eigenvalue weighted by molar-refractivity contribution is 0.574. The van der Waals surface area contributed by atoms with Crippen molar-refractivity contribution in [1.29, 1.82) is 0 Å². The number of allylic oxidation sites excluding steroid dienone is 1. The van der Waals surface area contributed by atoms with Gasteiger partial charge in [-0.2, -0.15) is 0 Å². The van der Waals surface area contributed by atoms with E-state index in [0.29, 0.717) is 33.9 Å². The van der Waals surface area contributed by atoms with E-state index in [-0.39, 0.29) is 11.5 Å². The van der Waals surface area contributed by atoms with Gasteiger partial charge in [0.05, 0.1) is 17.0 Å². The van der Waals surface area contributed by atoms with Gasteiger partial charge in [0, 0.05) is 29.6 Å². The molecule has 1 fully saturated rings. The standard InChI is InChI=1S/C19H23N3O2/c1-10-6-15(12(3)21)19-16(7-10)17(23)11(2)18(24-19)13(8-20)9-22-14-4-5-14/h6-9,12,14H,4-5,20-21H2,1-3H3/b13-8+,22-9?. The topological polar surface area (TPSA) is 94.6 Å². The van der Waals surface area contributed by atoms with Crippen LogP contribution >= 0.6 is 0 Å². The first-order chi connectivity index (χ1) is 11.4. The van der Waals surface area contributed by atoms with Gasteiger partial charge in [-0.05, 0) is 45.2 Å². The minimum absolute atomic E-state index is 0.0592. The Balaban J connectivity index is 2.25. The Kier molecular flexibility index (Phi) is 4.28. The minimum Gasteiger partial charge on any atom is -0.455 e. The Morgan fingerprint density at radius 2 is 2.08 bits per heavy atom. The number of hydrogen-bond donors (Lipinski definition) is 2. The average molecular weight is 325 g/mol. The van der Waals surface area contributed by atoms with E-state index in [9.17, 15) is 4.79 Å². The SMILES string of the molecule is Cc1cc(C(C)N)c2oc(/C(C=NC3CC3)=C/N)c(C)c(=O)c2c1. The second kappa shape index (κ2) is 6.24. The van der Waals surface area contributed by atoms with Crippen molar-refractivity contribution in [2.75, 3.05) is 0 Å². The van der Waals surface area contributed by atoms with Crippen LogP contribution in [0.25, 0.3) is 16.5 Å². The van der Waals surface area contributed by atoms with E-state index >= 15 is 0 Å². The van der Waals surface area contributed by atoms with Crippen LogP contribution in [-0.2, 0) is 0 Å². The van der Waals surface area contributed by atoms with Gasteiger partial charge in [-0.3, -0.25) is 9.79 Å². The molecule has 1 aromatic carbocycles. The summed E-state index contributed by atoms with van der Waals surface area (Å²) in [7, 11) is 0. The molecule has 24 heavy (non-hydrogen) atoms. The summed E-state index contributed by atoms with van der Waals surface area (Å²) in [5, 5.41) is 0.555. The molecule has 1 atom stereocenters. The molecule has 0 bridgehead atoms. The van der Waals surface area contributed by atoms with E-state index in [0.717, 1.165) is 24.0 Å². The highest BCUT2D eigenvalue weighted by atomic mass is 16.3. The van der Waals surface area contributed by atoms with Crippen molar-refractivity contribution in [3.63, 3.8) is 0 Å². The smallest absolute Gasteiger partial charge is 0.196 e. The van der Waals surface area contributed by atoms with Crippen LogP contribution in [0.1, 0.15) is 48.3 Å². The molecular weight excluding hydrogens is 302 g/mol. The van der Waals surface area contributed by atoms with E-state index in [2.05, 4.69) is 4.99 Å². The van der Waals surface area contributed by atoms with Crippen LogP contribution in [0, 0.1) is 13.8 Å². The maximum absolute atomic E-state index is 12.8. The molecule has 1 aliphatic rings. The molecule has 1 unspecified atom stereocenters. The highest BCUT2D eigenvalue weighted by Crippen LogP contribution is 2.28. The summed E-state index contributed by atoms with van der Waals surface area (Å²) in [6.45, 7) is 5.58. The summed E-state index contributed by atoms with van der Waals surface area (Å²) < 4.78 is 6.11. The van der Waals surface area contributed by atoms with Crippen LogP contribution in [-0.4, -0.2) is 12.3 Å². The first-order valence-corrected chi connectivity index (χ1v) is 8.21. The van der Waals surface area contributed by atoms with E-state index in [4.69, 9.17) is 15.9 Å². The highest BCUT2D eigenvalue weighted by molar-refractivity contribution is 6.09. The quantitative estimate of drug-likeness (QED) is 0.845. The van der Waals surface area contributed by atoms with E-state index < -0.39 is 0 Å². The zero-order valence-corrected chi connectivity index (χ0v) is 14.3. The van der Waals surface area contributed by atoms with Gasteiger partial charge in [0.1, 0.15) is 11.3 Å². The number of hydrogen-bond acceptors (Lipinski definition) is 5. The molecule has 5 heteroatoms. The van der Waals surface area contributed by atoms with Gasteiger partial charge in [-0.25, -0.2) is 0 Å². The van der Waals surface area contributed by atoms with Gasteiger partial charge >= 0.3 is 0 Å². The molecule has 2 aromatic rings. The average Bonchev–Trinajstić information content (AvgIpc) is 3.36. The molecule has 0 amide bonds. The van der Waals surface area contributed by atoms with Gasteiger partial charge in [-0.1, -0.05) is 6.07 Å². The predicted octanol–water partition coefficient (Wildman–Crippen LogP) is 2.96. The van der Waals surface area contributed by atoms with Crippen molar-refractivity contribution in [3.8, 4) is 0 Å². The highest BCUT2D eigenvalue weighted by Gasteiger charge is 2.21. The number of fused-ring (bicyclic) bond motifs is 1. The van der Waals surface area contributed by atoms with Gasteiger partial charge in [0.25, 0.3) is 0 Å². The predicted molar refractivity (Wildman–Crippen MR) is 98.2 cm³/mol. The fraction of sp³-hybridized carbons (Fsp3) is 0.368. The molecule has 1 aromatic heterocycles. The molecular formula is C19H23N3O2. The van der Waals surface area contributed by atoms with Gasteiger partial charge < -0.3 is 15.9 Å². The third-order valence-electron chi connectivity index (χ3n) is 4.30. The Hall–Kier alpha value is -2.40. The first-order valence-electron chi connectivity index (χ1n) is 8.21. The summed E-state index contributed by atoms with van der Waals surface area (Å²) >= 11 is 0. The van der Waals surface area contributed by atoms with E-state index in [1.165, 1.54) is 6.20 Å². The van der Waals surface area contributed by atoms with Crippen LogP contribution < -0.4 is 16.9 Å². The van der Waals surface area contributed by atoms with Crippen molar-refractivity contribution in [3.05, 3.63) is 51.0 Å². The second-order valence-corrected chi connectivity index (χ2v) is 6.54. The van der Waals surface area contributed by atoms with Crippen LogP contribution in [0.4, 0.5) is 0 Å². The van der Waals surface area contributed by atoms with Crippen molar-refractivity contribution < 1.29 is 4.42 Å². The third kappa shape index (κ3) is 2.99. The zero-order chi connectivity index (χ0) is 17.4. The fourth-order valence-corrected chi connectivity index (χ4v) is 2.77. The lowest BCUT2D eigenvalue weighted by atomic mass is 9.99. The number of benzene rings is 1. The molecule has 5 nitrogen and oxygen atoms in total. The molecule has 0 radical (unpaired) electrons. The van der Waals surface area contributed by atoms with Crippen molar-refractivity contribution in [2.45, 2.75) is 45.7 Å².